The number of amides is 1. The summed E-state index contributed by atoms with van der Waals surface area (Å²) < 4.78 is 0. The predicted molar refractivity (Wildman–Crippen MR) is 71.0 cm³/mol. The van der Waals surface area contributed by atoms with Crippen LogP contribution < -0.4 is 5.73 Å². The fourth-order valence-electron chi connectivity index (χ4n) is 1.62. The predicted octanol–water partition coefficient (Wildman–Crippen LogP) is 0.451. The van der Waals surface area contributed by atoms with Crippen LogP contribution in [-0.2, 0) is 0 Å². The van der Waals surface area contributed by atoms with E-state index in [4.69, 9.17) is 10.8 Å². The Balaban J connectivity index is 3.04. The molecule has 96 valence electrons. The summed E-state index contributed by atoms with van der Waals surface area (Å²) in [5, 5.41) is 8.94. The van der Waals surface area contributed by atoms with Crippen molar-refractivity contribution in [3.05, 3.63) is 35.4 Å². The summed E-state index contributed by atoms with van der Waals surface area (Å²) >= 11 is 0. The van der Waals surface area contributed by atoms with E-state index in [9.17, 15) is 4.79 Å². The third kappa shape index (κ3) is 3.59. The van der Waals surface area contributed by atoms with Gasteiger partial charge in [-0.3, -0.25) is 4.79 Å². The zero-order valence-electron chi connectivity index (χ0n) is 10.5. The van der Waals surface area contributed by atoms with Crippen LogP contribution in [0.25, 0.3) is 0 Å². The molecule has 0 aliphatic rings. The number of hydrogen-bond donors (Lipinski definition) is 2. The van der Waals surface area contributed by atoms with E-state index in [1.54, 1.807) is 23.1 Å². The van der Waals surface area contributed by atoms with Gasteiger partial charge in [0.2, 0.25) is 0 Å². The van der Waals surface area contributed by atoms with Gasteiger partial charge in [0.15, 0.2) is 0 Å². The third-order valence-corrected chi connectivity index (χ3v) is 2.52. The minimum absolute atomic E-state index is 0.0454. The second kappa shape index (κ2) is 7.49. The van der Waals surface area contributed by atoms with Crippen molar-refractivity contribution < 1.29 is 9.90 Å². The SMILES string of the molecule is CCN(CCO)C(=O)c1ccccc1C#CCN. The van der Waals surface area contributed by atoms with Crippen molar-refractivity contribution in [3.8, 4) is 11.8 Å². The maximum absolute atomic E-state index is 12.3. The minimum Gasteiger partial charge on any atom is -0.395 e. The number of rotatable bonds is 4. The molecule has 0 unspecified atom stereocenters. The minimum atomic E-state index is -0.117. The van der Waals surface area contributed by atoms with Gasteiger partial charge >= 0.3 is 0 Å². The Morgan fingerprint density at radius 2 is 2.17 bits per heavy atom. The molecular weight excluding hydrogens is 228 g/mol. The molecular formula is C14H18N2O2. The maximum Gasteiger partial charge on any atom is 0.255 e. The van der Waals surface area contributed by atoms with E-state index >= 15 is 0 Å². The Hall–Kier alpha value is -1.83. The van der Waals surface area contributed by atoms with Crippen LogP contribution in [0.3, 0.4) is 0 Å². The first-order valence-electron chi connectivity index (χ1n) is 5.92. The molecule has 0 atom stereocenters. The van der Waals surface area contributed by atoms with Crippen molar-refractivity contribution in [2.24, 2.45) is 5.73 Å². The average molecular weight is 246 g/mol. The zero-order valence-corrected chi connectivity index (χ0v) is 10.5. The highest BCUT2D eigenvalue weighted by Crippen LogP contribution is 2.10. The highest BCUT2D eigenvalue weighted by Gasteiger charge is 2.15. The number of nitrogens with zero attached hydrogens (tertiary/aromatic N) is 1. The van der Waals surface area contributed by atoms with E-state index in [1.807, 2.05) is 13.0 Å². The van der Waals surface area contributed by atoms with Crippen LogP contribution in [0.1, 0.15) is 22.8 Å². The van der Waals surface area contributed by atoms with Crippen LogP contribution in [0.5, 0.6) is 0 Å². The maximum atomic E-state index is 12.3. The first kappa shape index (κ1) is 14.2. The van der Waals surface area contributed by atoms with E-state index < -0.39 is 0 Å². The topological polar surface area (TPSA) is 66.6 Å². The molecule has 1 rings (SSSR count). The first-order valence-corrected chi connectivity index (χ1v) is 5.92. The standard InChI is InChI=1S/C14H18N2O2/c1-2-16(10-11-17)14(18)13-8-4-3-6-12(13)7-5-9-15/h3-4,6,8,17H,2,9-11,15H2,1H3. The number of aliphatic hydroxyl groups excluding tert-OH is 1. The number of nitrogens with two attached hydrogens (primary N) is 1. The van der Waals surface area contributed by atoms with Crippen molar-refractivity contribution >= 4 is 5.91 Å². The van der Waals surface area contributed by atoms with Gasteiger partial charge in [-0.25, -0.2) is 0 Å². The number of hydrogen-bond acceptors (Lipinski definition) is 3. The quantitative estimate of drug-likeness (QED) is 0.758. The molecule has 18 heavy (non-hydrogen) atoms. The molecule has 0 fully saturated rings. The van der Waals surface area contributed by atoms with Crippen LogP contribution in [0.15, 0.2) is 24.3 Å². The Kier molecular flexibility index (Phi) is 5.92. The van der Waals surface area contributed by atoms with Gasteiger partial charge in [0.1, 0.15) is 0 Å². The molecule has 0 aromatic heterocycles. The summed E-state index contributed by atoms with van der Waals surface area (Å²) in [6.45, 7) is 2.97. The molecule has 0 saturated heterocycles. The lowest BCUT2D eigenvalue weighted by Gasteiger charge is -2.20. The largest absolute Gasteiger partial charge is 0.395 e. The molecule has 1 amide bonds. The van der Waals surface area contributed by atoms with Gasteiger partial charge in [0.05, 0.1) is 18.7 Å². The van der Waals surface area contributed by atoms with Gasteiger partial charge in [-0.1, -0.05) is 24.0 Å². The van der Waals surface area contributed by atoms with Gasteiger partial charge < -0.3 is 15.7 Å². The Labute approximate surface area is 107 Å². The number of carbonyl (C=O) groups excluding carboxylic acids is 1. The van der Waals surface area contributed by atoms with Crippen LogP contribution in [0.4, 0.5) is 0 Å². The summed E-state index contributed by atoms with van der Waals surface area (Å²) in [6.07, 6.45) is 0. The lowest BCUT2D eigenvalue weighted by molar-refractivity contribution is 0.0731. The molecule has 0 spiro atoms. The number of likely N-dealkylation sites (N-methyl/N-ethyl adjacent to an activating group) is 1. The monoisotopic (exact) mass is 246 g/mol. The highest BCUT2D eigenvalue weighted by atomic mass is 16.3. The van der Waals surface area contributed by atoms with Crippen LogP contribution in [0, 0.1) is 11.8 Å². The normalized spacial score (nSPS) is 9.50. The van der Waals surface area contributed by atoms with E-state index in [0.717, 1.165) is 0 Å². The molecule has 4 heteroatoms. The Bertz CT molecular complexity index is 460. The van der Waals surface area contributed by atoms with Crippen LogP contribution in [0.2, 0.25) is 0 Å². The van der Waals surface area contributed by atoms with E-state index in [2.05, 4.69) is 11.8 Å². The van der Waals surface area contributed by atoms with E-state index in [1.165, 1.54) is 0 Å². The van der Waals surface area contributed by atoms with Crippen LogP contribution >= 0.6 is 0 Å². The fraction of sp³-hybridized carbons (Fsp3) is 0.357. The lowest BCUT2D eigenvalue weighted by Crippen LogP contribution is -2.33. The summed E-state index contributed by atoms with van der Waals surface area (Å²) in [6, 6.07) is 7.17. The molecule has 1 aromatic carbocycles. The molecule has 3 N–H and O–H groups in total. The molecule has 1 aromatic rings. The molecule has 0 bridgehead atoms. The van der Waals surface area contributed by atoms with Crippen molar-refractivity contribution in [1.82, 2.24) is 4.90 Å². The van der Waals surface area contributed by atoms with Crippen molar-refractivity contribution in [1.29, 1.82) is 0 Å². The van der Waals surface area contributed by atoms with Gasteiger partial charge in [-0.05, 0) is 19.1 Å². The number of carbonyl (C=O) groups is 1. The smallest absolute Gasteiger partial charge is 0.255 e. The van der Waals surface area contributed by atoms with Crippen molar-refractivity contribution in [2.45, 2.75) is 6.92 Å². The zero-order chi connectivity index (χ0) is 13.4. The first-order chi connectivity index (χ1) is 8.74. The fourth-order valence-corrected chi connectivity index (χ4v) is 1.62. The summed E-state index contributed by atoms with van der Waals surface area (Å²) in [7, 11) is 0. The molecule has 0 heterocycles. The van der Waals surface area contributed by atoms with E-state index in [-0.39, 0.29) is 19.1 Å². The second-order valence-corrected chi connectivity index (χ2v) is 3.66. The molecule has 0 aliphatic heterocycles. The summed E-state index contributed by atoms with van der Waals surface area (Å²) in [4.78, 5) is 13.9. The summed E-state index contributed by atoms with van der Waals surface area (Å²) in [5.74, 6) is 5.52. The molecule has 4 nitrogen and oxygen atoms in total. The van der Waals surface area contributed by atoms with Crippen molar-refractivity contribution in [3.63, 3.8) is 0 Å². The van der Waals surface area contributed by atoms with Gasteiger partial charge in [-0.15, -0.1) is 0 Å². The third-order valence-electron chi connectivity index (χ3n) is 2.52. The van der Waals surface area contributed by atoms with Gasteiger partial charge in [0, 0.05) is 18.7 Å². The van der Waals surface area contributed by atoms with Gasteiger partial charge in [-0.2, -0.15) is 0 Å². The molecule has 0 saturated carbocycles. The van der Waals surface area contributed by atoms with Gasteiger partial charge in [0.25, 0.3) is 5.91 Å². The molecule has 0 aliphatic carbocycles. The number of benzene rings is 1. The van der Waals surface area contributed by atoms with Crippen LogP contribution in [-0.4, -0.2) is 42.2 Å². The molecule has 0 radical (unpaired) electrons. The number of aliphatic hydroxyl groups is 1. The second-order valence-electron chi connectivity index (χ2n) is 3.66. The Morgan fingerprint density at radius 1 is 1.44 bits per heavy atom. The van der Waals surface area contributed by atoms with E-state index in [0.29, 0.717) is 24.2 Å². The van der Waals surface area contributed by atoms with Crippen molar-refractivity contribution in [2.75, 3.05) is 26.2 Å². The summed E-state index contributed by atoms with van der Waals surface area (Å²) in [5.41, 5.74) is 6.55. The highest BCUT2D eigenvalue weighted by molar-refractivity contribution is 5.96. The Morgan fingerprint density at radius 3 is 2.78 bits per heavy atom. The average Bonchev–Trinajstić information content (AvgIpc) is 2.42. The lowest BCUT2D eigenvalue weighted by atomic mass is 10.1.